The molecule has 1 aliphatic rings. The van der Waals surface area contributed by atoms with Crippen LogP contribution in [0.15, 0.2) is 0 Å². The van der Waals surface area contributed by atoms with Crippen LogP contribution in [0.1, 0.15) is 17.7 Å². The molecule has 1 aromatic heterocycles. The zero-order valence-corrected chi connectivity index (χ0v) is 11.8. The average molecular weight is 277 g/mol. The Morgan fingerprint density at radius 3 is 2.85 bits per heavy atom. The van der Waals surface area contributed by atoms with Gasteiger partial charge in [-0.2, -0.15) is 10.4 Å². The lowest BCUT2D eigenvalue weighted by Crippen LogP contribution is -2.41. The van der Waals surface area contributed by atoms with E-state index < -0.39 is 0 Å². The van der Waals surface area contributed by atoms with E-state index in [4.69, 9.17) is 10.00 Å². The quantitative estimate of drug-likeness (QED) is 0.853. The van der Waals surface area contributed by atoms with Crippen LogP contribution in [-0.4, -0.2) is 53.4 Å². The van der Waals surface area contributed by atoms with Crippen LogP contribution in [0.3, 0.4) is 0 Å². The van der Waals surface area contributed by atoms with Crippen molar-refractivity contribution in [2.75, 3.05) is 38.2 Å². The number of morpholine rings is 1. The van der Waals surface area contributed by atoms with Crippen molar-refractivity contribution in [2.24, 2.45) is 7.05 Å². The first-order chi connectivity index (χ1) is 9.63. The van der Waals surface area contributed by atoms with Gasteiger partial charge in [0.25, 0.3) is 0 Å². The molecule has 0 radical (unpaired) electrons. The first-order valence-electron chi connectivity index (χ1n) is 6.66. The van der Waals surface area contributed by atoms with Crippen LogP contribution in [0.5, 0.6) is 0 Å². The Bertz CT molecular complexity index is 526. The number of anilines is 1. The summed E-state index contributed by atoms with van der Waals surface area (Å²) in [5.41, 5.74) is 1.23. The molecule has 20 heavy (non-hydrogen) atoms. The second-order valence-electron chi connectivity index (χ2n) is 4.71. The van der Waals surface area contributed by atoms with E-state index in [9.17, 15) is 4.79 Å². The molecule has 0 aliphatic carbocycles. The Balaban J connectivity index is 1.87. The molecule has 1 amide bonds. The van der Waals surface area contributed by atoms with E-state index in [1.165, 1.54) is 0 Å². The molecule has 1 fully saturated rings. The molecular formula is C13H19N5O2. The Morgan fingerprint density at radius 1 is 1.50 bits per heavy atom. The van der Waals surface area contributed by atoms with Gasteiger partial charge in [-0.15, -0.1) is 0 Å². The topological polar surface area (TPSA) is 83.2 Å². The number of rotatable bonds is 4. The van der Waals surface area contributed by atoms with Crippen molar-refractivity contribution < 1.29 is 9.53 Å². The summed E-state index contributed by atoms with van der Waals surface area (Å²) in [5, 5.41) is 16.4. The van der Waals surface area contributed by atoms with Crippen molar-refractivity contribution in [1.82, 2.24) is 14.7 Å². The average Bonchev–Trinajstić information content (AvgIpc) is 2.73. The van der Waals surface area contributed by atoms with E-state index in [2.05, 4.69) is 16.5 Å². The number of carbonyl (C=O) groups is 1. The van der Waals surface area contributed by atoms with E-state index in [1.54, 1.807) is 18.7 Å². The minimum atomic E-state index is 0.109. The minimum absolute atomic E-state index is 0.109. The summed E-state index contributed by atoms with van der Waals surface area (Å²) in [6, 6.07) is 2.13. The highest BCUT2D eigenvalue weighted by Crippen LogP contribution is 2.17. The van der Waals surface area contributed by atoms with Gasteiger partial charge in [0.15, 0.2) is 0 Å². The molecule has 1 saturated heterocycles. The van der Waals surface area contributed by atoms with Gasteiger partial charge in [0.2, 0.25) is 5.91 Å². The summed E-state index contributed by atoms with van der Waals surface area (Å²) in [6.07, 6.45) is 0.398. The second-order valence-corrected chi connectivity index (χ2v) is 4.71. The van der Waals surface area contributed by atoms with Gasteiger partial charge >= 0.3 is 0 Å². The highest BCUT2D eigenvalue weighted by atomic mass is 16.5. The number of carbonyl (C=O) groups excluding carboxylic acids is 1. The van der Waals surface area contributed by atoms with Crippen molar-refractivity contribution in [3.05, 3.63) is 11.3 Å². The van der Waals surface area contributed by atoms with E-state index in [-0.39, 0.29) is 5.91 Å². The fourth-order valence-electron chi connectivity index (χ4n) is 2.25. The minimum Gasteiger partial charge on any atom is -0.378 e. The van der Waals surface area contributed by atoms with Crippen LogP contribution in [0, 0.1) is 18.3 Å². The molecule has 0 bridgehead atoms. The van der Waals surface area contributed by atoms with Gasteiger partial charge < -0.3 is 15.0 Å². The molecule has 2 rings (SSSR count). The number of nitrogens with one attached hydrogen (secondary N) is 1. The van der Waals surface area contributed by atoms with Crippen LogP contribution < -0.4 is 5.32 Å². The van der Waals surface area contributed by atoms with E-state index >= 15 is 0 Å². The zero-order chi connectivity index (χ0) is 14.5. The highest BCUT2D eigenvalue weighted by Gasteiger charge is 2.17. The van der Waals surface area contributed by atoms with Crippen LogP contribution in [0.25, 0.3) is 0 Å². The standard InChI is InChI=1S/C13H19N5O2/c1-10-11(9-14)13(17(2)16-10)15-4-3-12(19)18-5-7-20-8-6-18/h15H,3-8H2,1-2H3. The van der Waals surface area contributed by atoms with Gasteiger partial charge in [-0.05, 0) is 6.92 Å². The molecule has 0 atom stereocenters. The molecule has 108 valence electrons. The molecule has 1 aliphatic heterocycles. The third-order valence-electron chi connectivity index (χ3n) is 3.33. The molecular weight excluding hydrogens is 258 g/mol. The molecule has 0 unspecified atom stereocenters. The molecule has 1 N–H and O–H groups in total. The van der Waals surface area contributed by atoms with Crippen molar-refractivity contribution in [2.45, 2.75) is 13.3 Å². The maximum absolute atomic E-state index is 12.0. The number of amides is 1. The lowest BCUT2D eigenvalue weighted by Gasteiger charge is -2.26. The first kappa shape index (κ1) is 14.3. The van der Waals surface area contributed by atoms with Gasteiger partial charge in [-0.3, -0.25) is 9.48 Å². The van der Waals surface area contributed by atoms with Crippen molar-refractivity contribution in [3.8, 4) is 6.07 Å². The number of aromatic nitrogens is 2. The first-order valence-corrected chi connectivity index (χ1v) is 6.66. The highest BCUT2D eigenvalue weighted by molar-refractivity contribution is 5.76. The lowest BCUT2D eigenvalue weighted by molar-refractivity contribution is -0.134. The Labute approximate surface area is 118 Å². The molecule has 2 heterocycles. The predicted octanol–water partition coefficient (Wildman–Crippen LogP) is 0.261. The molecule has 7 nitrogen and oxygen atoms in total. The Hall–Kier alpha value is -2.07. The fraction of sp³-hybridized carbons (Fsp3) is 0.615. The zero-order valence-electron chi connectivity index (χ0n) is 11.8. The summed E-state index contributed by atoms with van der Waals surface area (Å²) in [7, 11) is 1.78. The second kappa shape index (κ2) is 6.39. The monoisotopic (exact) mass is 277 g/mol. The van der Waals surface area contributed by atoms with Crippen molar-refractivity contribution >= 4 is 11.7 Å². The van der Waals surface area contributed by atoms with Gasteiger partial charge in [-0.25, -0.2) is 0 Å². The van der Waals surface area contributed by atoms with Gasteiger partial charge in [0.05, 0.1) is 18.9 Å². The van der Waals surface area contributed by atoms with Crippen LogP contribution in [-0.2, 0) is 16.6 Å². The molecule has 0 spiro atoms. The van der Waals surface area contributed by atoms with Crippen LogP contribution >= 0.6 is 0 Å². The lowest BCUT2D eigenvalue weighted by atomic mass is 10.2. The van der Waals surface area contributed by atoms with Crippen LogP contribution in [0.2, 0.25) is 0 Å². The third kappa shape index (κ3) is 3.08. The number of nitrogens with zero attached hydrogens (tertiary/aromatic N) is 4. The molecule has 0 aromatic carbocycles. The SMILES string of the molecule is Cc1nn(C)c(NCCC(=O)N2CCOCC2)c1C#N. The Morgan fingerprint density at radius 2 is 2.20 bits per heavy atom. The van der Waals surface area contributed by atoms with Gasteiger partial charge in [-0.1, -0.05) is 0 Å². The molecule has 1 aromatic rings. The number of aryl methyl sites for hydroxylation is 2. The Kier molecular flexibility index (Phi) is 4.58. The summed E-state index contributed by atoms with van der Waals surface area (Å²) in [5.74, 6) is 0.776. The van der Waals surface area contributed by atoms with E-state index in [0.717, 1.165) is 0 Å². The maximum Gasteiger partial charge on any atom is 0.224 e. The normalized spacial score (nSPS) is 14.9. The number of ether oxygens (including phenoxy) is 1. The van der Waals surface area contributed by atoms with E-state index in [0.29, 0.717) is 56.3 Å². The number of nitriles is 1. The molecule has 7 heteroatoms. The fourth-order valence-corrected chi connectivity index (χ4v) is 2.25. The summed E-state index contributed by atoms with van der Waals surface area (Å²) in [4.78, 5) is 13.8. The van der Waals surface area contributed by atoms with E-state index in [1.807, 2.05) is 4.90 Å². The smallest absolute Gasteiger partial charge is 0.224 e. The number of hydrogen-bond acceptors (Lipinski definition) is 5. The largest absolute Gasteiger partial charge is 0.378 e. The summed E-state index contributed by atoms with van der Waals surface area (Å²) in [6.45, 7) is 4.82. The van der Waals surface area contributed by atoms with Gasteiger partial charge in [0.1, 0.15) is 17.5 Å². The predicted molar refractivity (Wildman–Crippen MR) is 73.2 cm³/mol. The maximum atomic E-state index is 12.0. The molecule has 0 saturated carbocycles. The number of hydrogen-bond donors (Lipinski definition) is 1. The van der Waals surface area contributed by atoms with Crippen molar-refractivity contribution in [1.29, 1.82) is 5.26 Å². The third-order valence-corrected chi connectivity index (χ3v) is 3.33. The van der Waals surface area contributed by atoms with Crippen LogP contribution in [0.4, 0.5) is 5.82 Å². The summed E-state index contributed by atoms with van der Waals surface area (Å²) < 4.78 is 6.85. The van der Waals surface area contributed by atoms with Crippen molar-refractivity contribution in [3.63, 3.8) is 0 Å². The van der Waals surface area contributed by atoms with Gasteiger partial charge in [0, 0.05) is 33.1 Å². The summed E-state index contributed by atoms with van der Waals surface area (Å²) >= 11 is 0.